The van der Waals surface area contributed by atoms with E-state index in [0.717, 1.165) is 30.0 Å². The second-order valence-corrected chi connectivity index (χ2v) is 5.92. The molecule has 0 aliphatic carbocycles. The quantitative estimate of drug-likeness (QED) is 0.754. The molecule has 3 N–H and O–H groups in total. The number of aromatic nitrogens is 3. The summed E-state index contributed by atoms with van der Waals surface area (Å²) in [4.78, 5) is 26.1. The summed E-state index contributed by atoms with van der Waals surface area (Å²) in [6.07, 6.45) is 0. The summed E-state index contributed by atoms with van der Waals surface area (Å²) in [6.45, 7) is 2.08. The molecule has 122 valence electrons. The van der Waals surface area contributed by atoms with E-state index >= 15 is 0 Å². The summed E-state index contributed by atoms with van der Waals surface area (Å²) in [6, 6.07) is 11.7. The molecule has 4 rings (SSSR count). The van der Waals surface area contributed by atoms with Gasteiger partial charge in [0.15, 0.2) is 0 Å². The van der Waals surface area contributed by atoms with Crippen LogP contribution in [0.2, 0.25) is 0 Å². The SMILES string of the molecule is CN1CCN=C1c1cc2c([nH]c(=O)n2Cc2ccccc2)c(N)n1. The predicted molar refractivity (Wildman–Crippen MR) is 94.3 cm³/mol. The lowest BCUT2D eigenvalue weighted by Gasteiger charge is -2.14. The molecular weight excluding hydrogens is 304 g/mol. The van der Waals surface area contributed by atoms with E-state index in [1.54, 1.807) is 4.57 Å². The zero-order valence-electron chi connectivity index (χ0n) is 13.4. The number of hydrogen-bond donors (Lipinski definition) is 2. The Morgan fingerprint density at radius 2 is 2.08 bits per heavy atom. The number of hydrogen-bond acceptors (Lipinski definition) is 5. The molecule has 2 aromatic heterocycles. The fourth-order valence-electron chi connectivity index (χ4n) is 3.02. The largest absolute Gasteiger partial charge is 0.382 e. The van der Waals surface area contributed by atoms with Gasteiger partial charge in [-0.3, -0.25) is 9.56 Å². The Morgan fingerprint density at radius 1 is 1.29 bits per heavy atom. The van der Waals surface area contributed by atoms with Crippen molar-refractivity contribution in [2.45, 2.75) is 6.54 Å². The minimum absolute atomic E-state index is 0.193. The van der Waals surface area contributed by atoms with E-state index in [0.29, 0.717) is 23.6 Å². The summed E-state index contributed by atoms with van der Waals surface area (Å²) < 4.78 is 1.68. The summed E-state index contributed by atoms with van der Waals surface area (Å²) >= 11 is 0. The first kappa shape index (κ1) is 14.5. The number of anilines is 1. The van der Waals surface area contributed by atoms with E-state index in [1.165, 1.54) is 0 Å². The lowest BCUT2D eigenvalue weighted by Crippen LogP contribution is -2.24. The Hall–Kier alpha value is -3.09. The van der Waals surface area contributed by atoms with Crippen molar-refractivity contribution in [1.29, 1.82) is 0 Å². The van der Waals surface area contributed by atoms with Gasteiger partial charge in [0.25, 0.3) is 0 Å². The Labute approximate surface area is 138 Å². The average molecular weight is 322 g/mol. The third kappa shape index (κ3) is 2.34. The van der Waals surface area contributed by atoms with Crippen LogP contribution in [-0.2, 0) is 6.54 Å². The van der Waals surface area contributed by atoms with Crippen molar-refractivity contribution in [3.8, 4) is 0 Å². The molecule has 24 heavy (non-hydrogen) atoms. The fourth-order valence-corrected chi connectivity index (χ4v) is 3.02. The van der Waals surface area contributed by atoms with Crippen molar-refractivity contribution in [2.75, 3.05) is 25.9 Å². The maximum atomic E-state index is 12.4. The number of nitrogen functional groups attached to an aromatic ring is 1. The molecule has 0 bridgehead atoms. The highest BCUT2D eigenvalue weighted by atomic mass is 16.1. The highest BCUT2D eigenvalue weighted by Gasteiger charge is 2.19. The molecule has 0 atom stereocenters. The number of nitrogens with two attached hydrogens (primary N) is 1. The monoisotopic (exact) mass is 322 g/mol. The minimum Gasteiger partial charge on any atom is -0.382 e. The molecule has 0 spiro atoms. The van der Waals surface area contributed by atoms with Gasteiger partial charge in [0.05, 0.1) is 18.6 Å². The van der Waals surface area contributed by atoms with Gasteiger partial charge in [-0.2, -0.15) is 0 Å². The van der Waals surface area contributed by atoms with Crippen LogP contribution in [0.25, 0.3) is 11.0 Å². The van der Waals surface area contributed by atoms with Crippen LogP contribution in [0, 0.1) is 0 Å². The Bertz CT molecular complexity index is 985. The van der Waals surface area contributed by atoms with Gasteiger partial charge in [0, 0.05) is 13.6 Å². The van der Waals surface area contributed by atoms with Crippen molar-refractivity contribution in [3.63, 3.8) is 0 Å². The van der Waals surface area contributed by atoms with Crippen LogP contribution in [0.4, 0.5) is 5.82 Å². The Morgan fingerprint density at radius 3 is 2.79 bits per heavy atom. The van der Waals surface area contributed by atoms with Gasteiger partial charge >= 0.3 is 5.69 Å². The van der Waals surface area contributed by atoms with Gasteiger partial charge in [0.1, 0.15) is 22.9 Å². The van der Waals surface area contributed by atoms with Crippen LogP contribution in [0.1, 0.15) is 11.3 Å². The van der Waals surface area contributed by atoms with Crippen molar-refractivity contribution < 1.29 is 0 Å². The lowest BCUT2D eigenvalue weighted by atomic mass is 10.2. The number of imidazole rings is 1. The molecular formula is C17H18N6O. The van der Waals surface area contributed by atoms with Crippen LogP contribution in [0.5, 0.6) is 0 Å². The van der Waals surface area contributed by atoms with E-state index in [9.17, 15) is 4.79 Å². The summed E-state index contributed by atoms with van der Waals surface area (Å²) in [5.74, 6) is 1.12. The van der Waals surface area contributed by atoms with E-state index in [-0.39, 0.29) is 5.69 Å². The molecule has 0 amide bonds. The number of aromatic amines is 1. The molecule has 1 aromatic carbocycles. The van der Waals surface area contributed by atoms with Gasteiger partial charge in [-0.25, -0.2) is 9.78 Å². The van der Waals surface area contributed by atoms with Gasteiger partial charge in [-0.1, -0.05) is 30.3 Å². The molecule has 0 radical (unpaired) electrons. The van der Waals surface area contributed by atoms with Crippen LogP contribution in [0.3, 0.4) is 0 Å². The summed E-state index contributed by atoms with van der Waals surface area (Å²) in [5, 5.41) is 0. The number of H-pyrrole nitrogens is 1. The number of nitrogens with one attached hydrogen (secondary N) is 1. The minimum atomic E-state index is -0.193. The van der Waals surface area contributed by atoms with Crippen molar-refractivity contribution >= 4 is 22.7 Å². The molecule has 0 saturated carbocycles. The number of likely N-dealkylation sites (N-methyl/N-ethyl adjacent to an activating group) is 1. The smallest absolute Gasteiger partial charge is 0.326 e. The lowest BCUT2D eigenvalue weighted by molar-refractivity contribution is 0.555. The molecule has 7 heteroatoms. The predicted octanol–water partition coefficient (Wildman–Crippen LogP) is 1.05. The van der Waals surface area contributed by atoms with Crippen LogP contribution in [0.15, 0.2) is 46.2 Å². The number of pyridine rings is 1. The second-order valence-electron chi connectivity index (χ2n) is 5.92. The third-order valence-corrected chi connectivity index (χ3v) is 4.27. The number of aliphatic imine (C=N–C) groups is 1. The molecule has 3 heterocycles. The molecule has 1 aliphatic rings. The molecule has 0 saturated heterocycles. The molecule has 3 aromatic rings. The van der Waals surface area contributed by atoms with Crippen molar-refractivity contribution in [2.24, 2.45) is 4.99 Å². The second kappa shape index (κ2) is 5.52. The number of rotatable bonds is 3. The van der Waals surface area contributed by atoms with Crippen LogP contribution in [-0.4, -0.2) is 45.4 Å². The third-order valence-electron chi connectivity index (χ3n) is 4.27. The zero-order chi connectivity index (χ0) is 16.7. The topological polar surface area (TPSA) is 92.3 Å². The zero-order valence-corrected chi connectivity index (χ0v) is 13.4. The standard InChI is InChI=1S/C17H18N6O/c1-22-8-7-19-16(22)12-9-13-14(15(18)20-12)21-17(24)23(13)10-11-5-3-2-4-6-11/h2-6,9H,7-8,10H2,1H3,(H2,18,20)(H,21,24). The molecule has 7 nitrogen and oxygen atoms in total. The molecule has 0 unspecified atom stereocenters. The highest BCUT2D eigenvalue weighted by molar-refractivity contribution is 6.01. The van der Waals surface area contributed by atoms with E-state index in [2.05, 4.69) is 15.0 Å². The van der Waals surface area contributed by atoms with Crippen LogP contribution < -0.4 is 11.4 Å². The van der Waals surface area contributed by atoms with Gasteiger partial charge < -0.3 is 15.6 Å². The first-order chi connectivity index (χ1) is 11.6. The molecule has 0 fully saturated rings. The Balaban J connectivity index is 1.86. The molecule has 1 aliphatic heterocycles. The maximum absolute atomic E-state index is 12.4. The van der Waals surface area contributed by atoms with E-state index in [1.807, 2.05) is 48.3 Å². The van der Waals surface area contributed by atoms with Crippen molar-refractivity contribution in [1.82, 2.24) is 19.4 Å². The highest BCUT2D eigenvalue weighted by Crippen LogP contribution is 2.20. The van der Waals surface area contributed by atoms with Crippen molar-refractivity contribution in [3.05, 3.63) is 58.1 Å². The van der Waals surface area contributed by atoms with Gasteiger partial charge in [0.2, 0.25) is 0 Å². The first-order valence-electron chi connectivity index (χ1n) is 7.82. The number of nitrogens with zero attached hydrogens (tertiary/aromatic N) is 4. The number of amidine groups is 1. The number of benzene rings is 1. The van der Waals surface area contributed by atoms with E-state index in [4.69, 9.17) is 5.73 Å². The average Bonchev–Trinajstić information content (AvgIpc) is 3.13. The summed E-state index contributed by atoms with van der Waals surface area (Å²) in [5.41, 5.74) is 8.94. The Kier molecular flexibility index (Phi) is 3.34. The normalized spacial score (nSPS) is 14.4. The van der Waals surface area contributed by atoms with Gasteiger partial charge in [-0.15, -0.1) is 0 Å². The number of fused-ring (bicyclic) bond motifs is 1. The van der Waals surface area contributed by atoms with E-state index < -0.39 is 0 Å². The fraction of sp³-hybridized carbons (Fsp3) is 0.235. The van der Waals surface area contributed by atoms with Crippen LogP contribution >= 0.6 is 0 Å². The maximum Gasteiger partial charge on any atom is 0.326 e. The first-order valence-corrected chi connectivity index (χ1v) is 7.82. The summed E-state index contributed by atoms with van der Waals surface area (Å²) in [7, 11) is 1.97. The van der Waals surface area contributed by atoms with Gasteiger partial charge in [-0.05, 0) is 11.6 Å².